The molecule has 0 bridgehead atoms. The van der Waals surface area contributed by atoms with Gasteiger partial charge in [-0.05, 0) is 151 Å². The van der Waals surface area contributed by atoms with Crippen molar-refractivity contribution in [1.82, 2.24) is 49.5 Å². The summed E-state index contributed by atoms with van der Waals surface area (Å²) >= 11 is 17.4. The van der Waals surface area contributed by atoms with E-state index >= 15 is 0 Å². The SMILES string of the molecule is CC(C)(C)OC(=O)Nc1cc(Cl)ccn1.CC(C)n1nccc1-c1ncccc1CO.CC(C)n1nccc1-c1ncccc1COc1ccnc(N(C)C)c1C=O.CN(C(=O)OC(C)(C)C)c1cc(Cl)ccn1.CN(C(=O)OC(C)(C)C)c1nccc(Cl)c1C=O. The third-order valence-electron chi connectivity index (χ3n) is 11.7. The average molecular weight is 1320 g/mol. The lowest BCUT2D eigenvalue weighted by Crippen LogP contribution is -2.35. The molecule has 0 spiro atoms. The molecule has 0 aromatic carbocycles. The largest absolute Gasteiger partial charge is 0.488 e. The van der Waals surface area contributed by atoms with Gasteiger partial charge in [-0.3, -0.25) is 44.0 Å². The van der Waals surface area contributed by atoms with Crippen molar-refractivity contribution >= 4 is 88.9 Å². The summed E-state index contributed by atoms with van der Waals surface area (Å²) in [5.41, 5.74) is 4.16. The Labute approximate surface area is 552 Å². The van der Waals surface area contributed by atoms with Crippen molar-refractivity contribution in [2.75, 3.05) is 48.2 Å². The highest BCUT2D eigenvalue weighted by atomic mass is 35.5. The zero-order valence-electron chi connectivity index (χ0n) is 54.8. The van der Waals surface area contributed by atoms with Crippen LogP contribution < -0.4 is 24.8 Å². The Kier molecular flexibility index (Phi) is 28.6. The number of rotatable bonds is 14. The Hall–Kier alpha value is -9.10. The van der Waals surface area contributed by atoms with Crippen LogP contribution in [0.1, 0.15) is 134 Å². The summed E-state index contributed by atoms with van der Waals surface area (Å²) in [6, 6.07) is 21.5. The number of aliphatic hydroxyl groups excluding tert-OH is 1. The number of aliphatic hydroxyl groups is 1. The van der Waals surface area contributed by atoms with Gasteiger partial charge < -0.3 is 29.0 Å². The molecule has 2 N–H and O–H groups in total. The van der Waals surface area contributed by atoms with Gasteiger partial charge >= 0.3 is 18.3 Å². The molecule has 3 amide bonds. The number of nitrogens with zero attached hydrogens (tertiary/aromatic N) is 13. The van der Waals surface area contributed by atoms with Crippen LogP contribution >= 0.6 is 34.8 Å². The van der Waals surface area contributed by atoms with Gasteiger partial charge in [-0.15, -0.1) is 0 Å². The van der Waals surface area contributed by atoms with Crippen molar-refractivity contribution < 1.29 is 48.0 Å². The number of carbonyl (C=O) groups is 5. The van der Waals surface area contributed by atoms with Gasteiger partial charge in [0.05, 0.1) is 45.5 Å². The fraction of sp³-hybridized carbons (Fsp3) is 0.369. The van der Waals surface area contributed by atoms with Gasteiger partial charge in [0.15, 0.2) is 12.6 Å². The molecule has 0 aliphatic heterocycles. The van der Waals surface area contributed by atoms with E-state index in [1.807, 2.05) is 80.6 Å². The molecule has 0 saturated carbocycles. The monoisotopic (exact) mass is 1320 g/mol. The van der Waals surface area contributed by atoms with Gasteiger partial charge in [-0.2, -0.15) is 10.2 Å². The first-order chi connectivity index (χ1) is 43.2. The van der Waals surface area contributed by atoms with Gasteiger partial charge in [-0.25, -0.2) is 34.3 Å². The quantitative estimate of drug-likeness (QED) is 0.0756. The number of amides is 3. The van der Waals surface area contributed by atoms with Gasteiger partial charge in [0.2, 0.25) is 0 Å². The highest BCUT2D eigenvalue weighted by molar-refractivity contribution is 6.33. The molecule has 0 saturated heterocycles. The van der Waals surface area contributed by atoms with Gasteiger partial charge in [-0.1, -0.05) is 46.9 Å². The molecule has 492 valence electrons. The average Bonchev–Trinajstić information content (AvgIpc) is 1.59. The van der Waals surface area contributed by atoms with Gasteiger partial charge in [0.25, 0.3) is 0 Å². The van der Waals surface area contributed by atoms with Gasteiger partial charge in [0, 0.05) is 111 Å². The normalized spacial score (nSPS) is 10.9. The Morgan fingerprint density at radius 3 is 1.53 bits per heavy atom. The molecular formula is C65H81Cl3N14O10. The van der Waals surface area contributed by atoms with Crippen LogP contribution in [0.3, 0.4) is 0 Å². The molecule has 8 rings (SSSR count). The van der Waals surface area contributed by atoms with Crippen LogP contribution in [0.15, 0.2) is 122 Å². The maximum atomic E-state index is 11.8. The standard InChI is InChI=1S/C20H23N5O2.C12H15ClN2O3.C12H15N3O.C11H15ClN2O2.C10H13ClN2O2/c1-14(2)25-17(7-11-23-25)19-15(6-5-9-21-19)13-27-18-8-10-22-20(24(3)4)16(18)12-26;1-12(2,3)18-11(17)15(4)10-8(7-16)9(13)5-6-14-10;1-9(2)15-11(5-7-14-15)12-10(8-16)4-3-6-13-12;1-11(2,3)16-10(15)14(4)9-7-8(12)5-6-13-9;1-10(2,3)15-9(14)13-8-6-7(11)4-5-12-8/h5-12,14H,13H2,1-4H3;5-7H,1-4H3;3-7,9,16H,8H2,1-2H3;5-7H,1-4H3;4-6H,1-3H3,(H,12,13,14). The minimum absolute atomic E-state index is 0.00749. The second kappa shape index (κ2) is 34.9. The summed E-state index contributed by atoms with van der Waals surface area (Å²) in [4.78, 5) is 86.6. The third-order valence-corrected chi connectivity index (χ3v) is 12.5. The van der Waals surface area contributed by atoms with Crippen LogP contribution in [0.2, 0.25) is 15.1 Å². The van der Waals surface area contributed by atoms with Crippen molar-refractivity contribution in [2.24, 2.45) is 0 Å². The molecule has 0 aliphatic rings. The number of halogens is 3. The van der Waals surface area contributed by atoms with Crippen molar-refractivity contribution in [3.63, 3.8) is 0 Å². The van der Waals surface area contributed by atoms with Crippen molar-refractivity contribution in [1.29, 1.82) is 0 Å². The zero-order valence-corrected chi connectivity index (χ0v) is 57.1. The number of hydrogen-bond acceptors (Lipinski definition) is 19. The van der Waals surface area contributed by atoms with Crippen LogP contribution in [0.5, 0.6) is 5.75 Å². The predicted molar refractivity (Wildman–Crippen MR) is 358 cm³/mol. The smallest absolute Gasteiger partial charge is 0.415 e. The first-order valence-corrected chi connectivity index (χ1v) is 29.9. The Morgan fingerprint density at radius 1 is 0.565 bits per heavy atom. The Morgan fingerprint density at radius 2 is 1.04 bits per heavy atom. The third kappa shape index (κ3) is 23.9. The summed E-state index contributed by atoms with van der Waals surface area (Å²) < 4.78 is 25.2. The van der Waals surface area contributed by atoms with E-state index in [2.05, 4.69) is 73.1 Å². The van der Waals surface area contributed by atoms with Crippen molar-refractivity contribution in [3.05, 3.63) is 160 Å². The number of carbonyl (C=O) groups excluding carboxylic acids is 5. The highest BCUT2D eigenvalue weighted by Gasteiger charge is 2.25. The molecule has 8 aromatic heterocycles. The molecule has 0 aliphatic carbocycles. The maximum Gasteiger partial charge on any atom is 0.415 e. The van der Waals surface area contributed by atoms with Gasteiger partial charge in [0.1, 0.15) is 52.4 Å². The summed E-state index contributed by atoms with van der Waals surface area (Å²) in [5.74, 6) is 2.08. The predicted octanol–water partition coefficient (Wildman–Crippen LogP) is 14.5. The number of hydrogen-bond donors (Lipinski definition) is 2. The van der Waals surface area contributed by atoms with Crippen LogP contribution in [0.4, 0.5) is 37.7 Å². The molecule has 0 fully saturated rings. The number of anilines is 4. The molecule has 27 heteroatoms. The lowest BCUT2D eigenvalue weighted by atomic mass is 10.1. The Bertz CT molecular complexity index is 3710. The van der Waals surface area contributed by atoms with Crippen LogP contribution in [0, 0.1) is 0 Å². The van der Waals surface area contributed by atoms with E-state index in [-0.39, 0.29) is 41.7 Å². The molecule has 0 atom stereocenters. The van der Waals surface area contributed by atoms with E-state index in [9.17, 15) is 29.1 Å². The first-order valence-electron chi connectivity index (χ1n) is 28.8. The van der Waals surface area contributed by atoms with Crippen molar-refractivity contribution in [3.8, 4) is 28.5 Å². The van der Waals surface area contributed by atoms with Crippen LogP contribution in [-0.4, -0.2) is 130 Å². The van der Waals surface area contributed by atoms with Crippen molar-refractivity contribution in [2.45, 2.75) is 132 Å². The number of ether oxygens (including phenoxy) is 4. The van der Waals surface area contributed by atoms with E-state index in [1.54, 1.807) is 121 Å². The highest BCUT2D eigenvalue weighted by Crippen LogP contribution is 2.30. The zero-order chi connectivity index (χ0) is 68.7. The lowest BCUT2D eigenvalue weighted by Gasteiger charge is -2.24. The van der Waals surface area contributed by atoms with E-state index in [0.717, 1.165) is 45.1 Å². The number of aromatic nitrogens is 10. The van der Waals surface area contributed by atoms with Crippen LogP contribution in [-0.2, 0) is 27.4 Å². The number of aldehydes is 2. The van der Waals surface area contributed by atoms with E-state index in [0.29, 0.717) is 45.1 Å². The fourth-order valence-corrected chi connectivity index (χ4v) is 8.22. The second-order valence-electron chi connectivity index (χ2n) is 23.6. The molecule has 0 unspecified atom stereocenters. The molecular weight excluding hydrogens is 1240 g/mol. The van der Waals surface area contributed by atoms with E-state index < -0.39 is 35.1 Å². The number of pyridine rings is 6. The summed E-state index contributed by atoms with van der Waals surface area (Å²) in [7, 11) is 6.74. The second-order valence-corrected chi connectivity index (χ2v) is 24.9. The summed E-state index contributed by atoms with van der Waals surface area (Å²) in [5, 5.41) is 21.7. The summed E-state index contributed by atoms with van der Waals surface area (Å²) in [6.45, 7) is 24.6. The molecule has 8 heterocycles. The first kappa shape index (κ1) is 75.4. The van der Waals surface area contributed by atoms with Crippen LogP contribution in [0.25, 0.3) is 22.8 Å². The number of nitrogens with one attached hydrogen (secondary N) is 1. The Balaban J connectivity index is 0.000000250. The molecule has 0 radical (unpaired) electrons. The molecule has 24 nitrogen and oxygen atoms in total. The lowest BCUT2D eigenvalue weighted by molar-refractivity contribution is 0.0577. The fourth-order valence-electron chi connectivity index (χ4n) is 7.72. The van der Waals surface area contributed by atoms with E-state index in [1.165, 1.54) is 30.4 Å². The maximum absolute atomic E-state index is 11.8. The minimum atomic E-state index is -0.620. The van der Waals surface area contributed by atoms with E-state index in [4.69, 9.17) is 53.8 Å². The molecule has 8 aromatic rings. The summed E-state index contributed by atoms with van der Waals surface area (Å²) in [6.07, 6.45) is 12.8. The topological polar surface area (TPSA) is 277 Å². The molecule has 92 heavy (non-hydrogen) atoms. The minimum Gasteiger partial charge on any atom is -0.488 e.